The van der Waals surface area contributed by atoms with E-state index in [-0.39, 0.29) is 17.7 Å². The van der Waals surface area contributed by atoms with Crippen LogP contribution in [0.3, 0.4) is 0 Å². The number of hydrogen-bond acceptors (Lipinski definition) is 9. The molecule has 0 spiro atoms. The van der Waals surface area contributed by atoms with Crippen molar-refractivity contribution < 1.29 is 42.9 Å². The summed E-state index contributed by atoms with van der Waals surface area (Å²) in [6.45, 7) is 2.53. The highest BCUT2D eigenvalue weighted by molar-refractivity contribution is 5.91. The van der Waals surface area contributed by atoms with Gasteiger partial charge in [-0.05, 0) is 43.3 Å². The predicted octanol–water partition coefficient (Wildman–Crippen LogP) is 4.01. The monoisotopic (exact) mass is 532 g/mol. The summed E-state index contributed by atoms with van der Waals surface area (Å²) in [6.07, 6.45) is -5.35. The van der Waals surface area contributed by atoms with Gasteiger partial charge in [-0.2, -0.15) is 0 Å². The fraction of sp³-hybridized carbons (Fsp3) is 0.267. The third kappa shape index (κ3) is 7.08. The number of esters is 4. The summed E-state index contributed by atoms with van der Waals surface area (Å²) < 4.78 is 28.5. The van der Waals surface area contributed by atoms with E-state index in [1.54, 1.807) is 97.9 Å². The van der Waals surface area contributed by atoms with Crippen LogP contribution < -0.4 is 0 Å². The first-order chi connectivity index (χ1) is 18.8. The van der Waals surface area contributed by atoms with Crippen molar-refractivity contribution in [2.24, 2.45) is 0 Å². The Morgan fingerprint density at radius 3 is 1.59 bits per heavy atom. The van der Waals surface area contributed by atoms with Gasteiger partial charge in [0.05, 0.1) is 16.7 Å². The van der Waals surface area contributed by atoms with Crippen LogP contribution in [0.5, 0.6) is 0 Å². The molecule has 4 rings (SSSR count). The molecule has 3 aromatic rings. The Balaban J connectivity index is 1.63. The summed E-state index contributed by atoms with van der Waals surface area (Å²) in [6, 6.07) is 24.9. The van der Waals surface area contributed by atoms with Crippen LogP contribution in [0, 0.1) is 0 Å². The van der Waals surface area contributed by atoms with Crippen molar-refractivity contribution in [3.8, 4) is 0 Å². The zero-order chi connectivity index (χ0) is 27.8. The van der Waals surface area contributed by atoms with Gasteiger partial charge in [-0.3, -0.25) is 4.79 Å². The molecule has 0 N–H and O–H groups in total. The summed E-state index contributed by atoms with van der Waals surface area (Å²) in [5.41, 5.74) is 0.856. The van der Waals surface area contributed by atoms with E-state index < -0.39 is 54.4 Å². The fourth-order valence-electron chi connectivity index (χ4n) is 4.15. The molecular formula is C30H28O9. The van der Waals surface area contributed by atoms with Crippen molar-refractivity contribution in [3.63, 3.8) is 0 Å². The average Bonchev–Trinajstić information content (AvgIpc) is 3.29. The van der Waals surface area contributed by atoms with E-state index in [1.165, 1.54) is 6.92 Å². The molecule has 0 amide bonds. The highest BCUT2D eigenvalue weighted by Gasteiger charge is 2.53. The molecule has 3 aromatic carbocycles. The van der Waals surface area contributed by atoms with E-state index in [0.29, 0.717) is 5.56 Å². The minimum absolute atomic E-state index is 0.266. The second kappa shape index (κ2) is 12.8. The standard InChI is InChI=1S/C30H28O9/c1-19(36-28(32)21-12-6-3-7-13-21)25-27(39-30(34)23-16-10-5-11-17-23)26(24(37-25)18-35-20(2)31)38-29(33)22-14-8-4-9-15-22/h3-17,19,24-27H,18H2,1-2H3. The number of hydrogen-bond donors (Lipinski definition) is 0. The van der Waals surface area contributed by atoms with Crippen LogP contribution in [0.2, 0.25) is 0 Å². The minimum atomic E-state index is -1.19. The smallest absolute Gasteiger partial charge is 0.338 e. The first kappa shape index (κ1) is 27.5. The summed E-state index contributed by atoms with van der Waals surface area (Å²) in [5.74, 6) is -2.56. The number of rotatable bonds is 9. The number of benzene rings is 3. The molecule has 0 radical (unpaired) electrons. The van der Waals surface area contributed by atoms with Gasteiger partial charge < -0.3 is 23.7 Å². The summed E-state index contributed by atoms with van der Waals surface area (Å²) in [5, 5.41) is 0. The van der Waals surface area contributed by atoms with Gasteiger partial charge in [0.25, 0.3) is 0 Å². The largest absolute Gasteiger partial charge is 0.463 e. The summed E-state index contributed by atoms with van der Waals surface area (Å²) in [7, 11) is 0. The first-order valence-corrected chi connectivity index (χ1v) is 12.4. The molecule has 1 heterocycles. The molecule has 1 fully saturated rings. The van der Waals surface area contributed by atoms with Gasteiger partial charge >= 0.3 is 23.9 Å². The Labute approximate surface area is 225 Å². The van der Waals surface area contributed by atoms with E-state index in [2.05, 4.69) is 0 Å². The summed E-state index contributed by atoms with van der Waals surface area (Å²) in [4.78, 5) is 50.4. The third-order valence-corrected chi connectivity index (χ3v) is 6.07. The molecule has 0 saturated carbocycles. The van der Waals surface area contributed by atoms with Gasteiger partial charge in [0, 0.05) is 6.92 Å². The Morgan fingerprint density at radius 2 is 1.13 bits per heavy atom. The van der Waals surface area contributed by atoms with Crippen LogP contribution in [-0.2, 0) is 28.5 Å². The lowest BCUT2D eigenvalue weighted by Gasteiger charge is -2.27. The third-order valence-electron chi connectivity index (χ3n) is 6.07. The lowest BCUT2D eigenvalue weighted by molar-refractivity contribution is -0.147. The average molecular weight is 533 g/mol. The predicted molar refractivity (Wildman–Crippen MR) is 138 cm³/mol. The molecule has 1 aliphatic rings. The second-order valence-electron chi connectivity index (χ2n) is 8.89. The highest BCUT2D eigenvalue weighted by atomic mass is 16.7. The lowest BCUT2D eigenvalue weighted by Crippen LogP contribution is -2.45. The molecular weight excluding hydrogens is 504 g/mol. The topological polar surface area (TPSA) is 114 Å². The van der Waals surface area contributed by atoms with Gasteiger partial charge in [0.2, 0.25) is 0 Å². The van der Waals surface area contributed by atoms with Gasteiger partial charge in [0.15, 0.2) is 12.2 Å². The molecule has 9 heteroatoms. The quantitative estimate of drug-likeness (QED) is 0.298. The Morgan fingerprint density at radius 1 is 0.692 bits per heavy atom. The molecule has 5 atom stereocenters. The Bertz CT molecular complexity index is 1280. The van der Waals surface area contributed by atoms with Crippen molar-refractivity contribution in [2.45, 2.75) is 44.4 Å². The van der Waals surface area contributed by atoms with Crippen LogP contribution in [0.4, 0.5) is 0 Å². The fourth-order valence-corrected chi connectivity index (χ4v) is 4.15. The molecule has 9 nitrogen and oxygen atoms in total. The molecule has 1 saturated heterocycles. The highest BCUT2D eigenvalue weighted by Crippen LogP contribution is 2.32. The SMILES string of the molecule is CC(=O)OCC1OC(C(C)OC(=O)c2ccccc2)C(OC(=O)c2ccccc2)C1OC(=O)c1ccccc1. The van der Waals surface area contributed by atoms with Crippen molar-refractivity contribution in [2.75, 3.05) is 6.61 Å². The van der Waals surface area contributed by atoms with Crippen molar-refractivity contribution in [3.05, 3.63) is 108 Å². The van der Waals surface area contributed by atoms with Crippen molar-refractivity contribution in [1.29, 1.82) is 0 Å². The Kier molecular flexibility index (Phi) is 9.06. The van der Waals surface area contributed by atoms with Crippen LogP contribution >= 0.6 is 0 Å². The normalized spacial score (nSPS) is 20.9. The molecule has 0 aliphatic carbocycles. The van der Waals surface area contributed by atoms with Gasteiger partial charge in [-0.15, -0.1) is 0 Å². The van der Waals surface area contributed by atoms with Crippen LogP contribution in [0.1, 0.15) is 44.9 Å². The molecule has 5 unspecified atom stereocenters. The second-order valence-corrected chi connectivity index (χ2v) is 8.89. The number of carbonyl (C=O) groups excluding carboxylic acids is 4. The maximum atomic E-state index is 13.1. The number of ether oxygens (including phenoxy) is 5. The first-order valence-electron chi connectivity index (χ1n) is 12.4. The van der Waals surface area contributed by atoms with Gasteiger partial charge in [-0.1, -0.05) is 54.6 Å². The molecule has 39 heavy (non-hydrogen) atoms. The van der Waals surface area contributed by atoms with Crippen molar-refractivity contribution >= 4 is 23.9 Å². The maximum absolute atomic E-state index is 13.1. The van der Waals surface area contributed by atoms with Crippen molar-refractivity contribution in [1.82, 2.24) is 0 Å². The van der Waals surface area contributed by atoms with Gasteiger partial charge in [-0.25, -0.2) is 14.4 Å². The molecule has 202 valence electrons. The van der Waals surface area contributed by atoms with E-state index >= 15 is 0 Å². The van der Waals surface area contributed by atoms with E-state index in [1.807, 2.05) is 0 Å². The Hall–Kier alpha value is -4.50. The maximum Gasteiger partial charge on any atom is 0.338 e. The minimum Gasteiger partial charge on any atom is -0.463 e. The summed E-state index contributed by atoms with van der Waals surface area (Å²) >= 11 is 0. The van der Waals surface area contributed by atoms with Gasteiger partial charge in [0.1, 0.15) is 24.9 Å². The van der Waals surface area contributed by atoms with Crippen LogP contribution in [0.15, 0.2) is 91.0 Å². The van der Waals surface area contributed by atoms with Crippen LogP contribution in [-0.4, -0.2) is 61.0 Å². The zero-order valence-electron chi connectivity index (χ0n) is 21.4. The van der Waals surface area contributed by atoms with Crippen LogP contribution in [0.25, 0.3) is 0 Å². The molecule has 1 aliphatic heterocycles. The molecule has 0 bridgehead atoms. The van der Waals surface area contributed by atoms with E-state index in [9.17, 15) is 19.2 Å². The molecule has 0 aromatic heterocycles. The van der Waals surface area contributed by atoms with E-state index in [4.69, 9.17) is 23.7 Å². The van der Waals surface area contributed by atoms with E-state index in [0.717, 1.165) is 0 Å². The number of carbonyl (C=O) groups is 4. The zero-order valence-corrected chi connectivity index (χ0v) is 21.4. The lowest BCUT2D eigenvalue weighted by atomic mass is 10.0.